The SMILES string of the molecule is CCCC(CS)COc1cccc(I)c1. The number of hydrogen-bond donors (Lipinski definition) is 1. The van der Waals surface area contributed by atoms with Crippen molar-refractivity contribution in [3.05, 3.63) is 27.8 Å². The summed E-state index contributed by atoms with van der Waals surface area (Å²) in [5.74, 6) is 2.43. The molecule has 0 bridgehead atoms. The molecule has 0 heterocycles. The first-order valence-electron chi connectivity index (χ1n) is 5.25. The maximum absolute atomic E-state index is 5.74. The van der Waals surface area contributed by atoms with Crippen LogP contribution in [0.4, 0.5) is 0 Å². The normalized spacial score (nSPS) is 12.5. The van der Waals surface area contributed by atoms with Gasteiger partial charge in [0.15, 0.2) is 0 Å². The summed E-state index contributed by atoms with van der Waals surface area (Å²) >= 11 is 6.63. The third-order valence-electron chi connectivity index (χ3n) is 2.24. The van der Waals surface area contributed by atoms with Crippen molar-refractivity contribution in [2.75, 3.05) is 12.4 Å². The van der Waals surface area contributed by atoms with Gasteiger partial charge in [0, 0.05) is 9.49 Å². The molecule has 1 rings (SSSR count). The zero-order valence-electron chi connectivity index (χ0n) is 8.95. The summed E-state index contributed by atoms with van der Waals surface area (Å²) in [5.41, 5.74) is 0. The van der Waals surface area contributed by atoms with Crippen LogP contribution in [0.25, 0.3) is 0 Å². The summed E-state index contributed by atoms with van der Waals surface area (Å²) in [6.45, 7) is 2.97. The monoisotopic (exact) mass is 336 g/mol. The number of benzene rings is 1. The van der Waals surface area contributed by atoms with Gasteiger partial charge in [0.2, 0.25) is 0 Å². The highest BCUT2D eigenvalue weighted by molar-refractivity contribution is 14.1. The first-order valence-corrected chi connectivity index (χ1v) is 6.96. The molecule has 84 valence electrons. The molecule has 0 fully saturated rings. The Kier molecular flexibility index (Phi) is 6.48. The Morgan fingerprint density at radius 2 is 2.27 bits per heavy atom. The summed E-state index contributed by atoms with van der Waals surface area (Å²) in [6, 6.07) is 8.15. The molecule has 0 aliphatic carbocycles. The molecule has 0 spiro atoms. The summed E-state index contributed by atoms with van der Waals surface area (Å²) < 4.78 is 6.95. The Bertz CT molecular complexity index is 291. The minimum absolute atomic E-state index is 0.566. The van der Waals surface area contributed by atoms with Crippen LogP contribution in [-0.4, -0.2) is 12.4 Å². The van der Waals surface area contributed by atoms with Crippen LogP contribution >= 0.6 is 35.2 Å². The van der Waals surface area contributed by atoms with Gasteiger partial charge in [-0.25, -0.2) is 0 Å². The molecule has 0 saturated carbocycles. The molecule has 0 radical (unpaired) electrons. The van der Waals surface area contributed by atoms with Gasteiger partial charge in [0.1, 0.15) is 5.75 Å². The molecule has 1 aromatic rings. The van der Waals surface area contributed by atoms with Gasteiger partial charge in [0.05, 0.1) is 6.61 Å². The molecule has 0 saturated heterocycles. The van der Waals surface area contributed by atoms with Crippen LogP contribution < -0.4 is 4.74 Å². The van der Waals surface area contributed by atoms with Gasteiger partial charge in [-0.15, -0.1) is 0 Å². The predicted octanol–water partition coefficient (Wildman–Crippen LogP) is 4.02. The number of hydrogen-bond acceptors (Lipinski definition) is 2. The van der Waals surface area contributed by atoms with Crippen molar-refractivity contribution in [3.63, 3.8) is 0 Å². The lowest BCUT2D eigenvalue weighted by Gasteiger charge is -2.14. The van der Waals surface area contributed by atoms with E-state index in [0.717, 1.165) is 18.1 Å². The lowest BCUT2D eigenvalue weighted by atomic mass is 10.1. The second-order valence-corrected chi connectivity index (χ2v) is 5.22. The first-order chi connectivity index (χ1) is 7.26. The van der Waals surface area contributed by atoms with Crippen molar-refractivity contribution in [1.82, 2.24) is 0 Å². The molecule has 0 aromatic heterocycles. The van der Waals surface area contributed by atoms with Gasteiger partial charge in [-0.05, 0) is 53.0 Å². The highest BCUT2D eigenvalue weighted by Gasteiger charge is 2.06. The quantitative estimate of drug-likeness (QED) is 0.610. The third kappa shape index (κ3) is 5.11. The Morgan fingerprint density at radius 3 is 2.87 bits per heavy atom. The van der Waals surface area contributed by atoms with Crippen LogP contribution in [0.2, 0.25) is 0 Å². The molecule has 1 atom stereocenters. The van der Waals surface area contributed by atoms with Crippen LogP contribution in [-0.2, 0) is 0 Å². The van der Waals surface area contributed by atoms with Crippen molar-refractivity contribution in [3.8, 4) is 5.75 Å². The van der Waals surface area contributed by atoms with Crippen LogP contribution in [0.3, 0.4) is 0 Å². The fourth-order valence-corrected chi connectivity index (χ4v) is 2.21. The highest BCUT2D eigenvalue weighted by atomic mass is 127. The lowest BCUT2D eigenvalue weighted by molar-refractivity contribution is 0.254. The largest absolute Gasteiger partial charge is 0.493 e. The maximum Gasteiger partial charge on any atom is 0.120 e. The lowest BCUT2D eigenvalue weighted by Crippen LogP contribution is -2.13. The van der Waals surface area contributed by atoms with E-state index in [-0.39, 0.29) is 0 Å². The molecular weight excluding hydrogens is 319 g/mol. The van der Waals surface area contributed by atoms with Crippen LogP contribution in [0.15, 0.2) is 24.3 Å². The van der Waals surface area contributed by atoms with Crippen LogP contribution in [0, 0.1) is 9.49 Å². The molecule has 1 unspecified atom stereocenters. The number of halogens is 1. The molecule has 0 N–H and O–H groups in total. The number of thiol groups is 1. The summed E-state index contributed by atoms with van der Waals surface area (Å²) in [6.07, 6.45) is 2.38. The van der Waals surface area contributed by atoms with E-state index in [2.05, 4.69) is 54.3 Å². The maximum atomic E-state index is 5.74. The van der Waals surface area contributed by atoms with E-state index >= 15 is 0 Å². The van der Waals surface area contributed by atoms with Gasteiger partial charge in [-0.3, -0.25) is 0 Å². The topological polar surface area (TPSA) is 9.23 Å². The standard InChI is InChI=1S/C12H17IOS/c1-2-4-10(9-15)8-14-12-6-3-5-11(13)7-12/h3,5-7,10,15H,2,4,8-9H2,1H3. The molecule has 1 aromatic carbocycles. The van der Waals surface area contributed by atoms with E-state index < -0.39 is 0 Å². The molecular formula is C12H17IOS. The van der Waals surface area contributed by atoms with Crippen molar-refractivity contribution >= 4 is 35.2 Å². The number of rotatable bonds is 6. The van der Waals surface area contributed by atoms with Crippen LogP contribution in [0.5, 0.6) is 5.75 Å². The van der Waals surface area contributed by atoms with E-state index in [1.54, 1.807) is 0 Å². The Balaban J connectivity index is 2.41. The van der Waals surface area contributed by atoms with Crippen molar-refractivity contribution in [2.24, 2.45) is 5.92 Å². The van der Waals surface area contributed by atoms with Gasteiger partial charge in [-0.1, -0.05) is 19.4 Å². The van der Waals surface area contributed by atoms with E-state index in [4.69, 9.17) is 4.74 Å². The Hall–Kier alpha value is 0.100. The van der Waals surface area contributed by atoms with E-state index in [0.29, 0.717) is 5.92 Å². The molecule has 0 aliphatic heterocycles. The predicted molar refractivity (Wildman–Crippen MR) is 76.9 cm³/mol. The zero-order chi connectivity index (χ0) is 11.1. The van der Waals surface area contributed by atoms with E-state index in [1.807, 2.05) is 12.1 Å². The van der Waals surface area contributed by atoms with Gasteiger partial charge in [0.25, 0.3) is 0 Å². The third-order valence-corrected chi connectivity index (χ3v) is 3.42. The average molecular weight is 336 g/mol. The Labute approximate surface area is 111 Å². The smallest absolute Gasteiger partial charge is 0.120 e. The molecule has 15 heavy (non-hydrogen) atoms. The van der Waals surface area contributed by atoms with E-state index in [1.165, 1.54) is 16.4 Å². The summed E-state index contributed by atoms with van der Waals surface area (Å²) in [4.78, 5) is 0. The average Bonchev–Trinajstić information content (AvgIpc) is 2.24. The second kappa shape index (κ2) is 7.39. The van der Waals surface area contributed by atoms with Gasteiger partial charge >= 0.3 is 0 Å². The van der Waals surface area contributed by atoms with Gasteiger partial charge < -0.3 is 4.74 Å². The summed E-state index contributed by atoms with van der Waals surface area (Å²) in [7, 11) is 0. The fourth-order valence-electron chi connectivity index (χ4n) is 1.41. The fraction of sp³-hybridized carbons (Fsp3) is 0.500. The van der Waals surface area contributed by atoms with Crippen molar-refractivity contribution in [2.45, 2.75) is 19.8 Å². The van der Waals surface area contributed by atoms with E-state index in [9.17, 15) is 0 Å². The van der Waals surface area contributed by atoms with Crippen molar-refractivity contribution < 1.29 is 4.74 Å². The zero-order valence-corrected chi connectivity index (χ0v) is 12.0. The number of ether oxygens (including phenoxy) is 1. The molecule has 3 heteroatoms. The molecule has 0 amide bonds. The second-order valence-electron chi connectivity index (χ2n) is 3.61. The highest BCUT2D eigenvalue weighted by Crippen LogP contribution is 2.17. The van der Waals surface area contributed by atoms with Crippen LogP contribution in [0.1, 0.15) is 19.8 Å². The Morgan fingerprint density at radius 1 is 1.47 bits per heavy atom. The molecule has 1 nitrogen and oxygen atoms in total. The first kappa shape index (κ1) is 13.2. The van der Waals surface area contributed by atoms with Gasteiger partial charge in [-0.2, -0.15) is 12.6 Å². The summed E-state index contributed by atoms with van der Waals surface area (Å²) in [5, 5.41) is 0. The van der Waals surface area contributed by atoms with Crippen molar-refractivity contribution in [1.29, 1.82) is 0 Å². The minimum Gasteiger partial charge on any atom is -0.493 e. The molecule has 0 aliphatic rings. The minimum atomic E-state index is 0.566.